The molecular weight excluding hydrogens is 560 g/mol. The van der Waals surface area contributed by atoms with Gasteiger partial charge >= 0.3 is 5.97 Å². The molecule has 7 N–H and O–H groups in total. The second-order valence-electron chi connectivity index (χ2n) is 8.84. The molecule has 0 spiro atoms. The Morgan fingerprint density at radius 1 is 1.38 bits per heavy atom. The van der Waals surface area contributed by atoms with Crippen LogP contribution in [0.1, 0.15) is 19.0 Å². The van der Waals surface area contributed by atoms with Crippen molar-refractivity contribution >= 4 is 57.6 Å². The number of carboxylic acids is 1. The van der Waals surface area contributed by atoms with Crippen LogP contribution in [-0.2, 0) is 19.2 Å². The first-order valence-corrected chi connectivity index (χ1v) is 14.3. The number of nitrogens with zero attached hydrogens (tertiary/aromatic N) is 6. The first-order valence-electron chi connectivity index (χ1n) is 12.4. The minimum Gasteiger partial charge on any atom is -0.477 e. The van der Waals surface area contributed by atoms with Crippen LogP contribution >= 0.6 is 23.1 Å². The molecule has 0 aromatic carbocycles. The predicted octanol–water partition coefficient (Wildman–Crippen LogP) is -0.600. The second kappa shape index (κ2) is 11.6. The maximum atomic E-state index is 13.2. The third kappa shape index (κ3) is 5.22. The second-order valence-corrected chi connectivity index (χ2v) is 10.8. The van der Waals surface area contributed by atoms with E-state index < -0.39 is 29.2 Å². The molecule has 212 valence electrons. The summed E-state index contributed by atoms with van der Waals surface area (Å²) in [5.41, 5.74) is 15.0. The molecule has 0 unspecified atom stereocenters. The van der Waals surface area contributed by atoms with Gasteiger partial charge in [0.15, 0.2) is 10.8 Å². The Bertz CT molecular complexity index is 1370. The summed E-state index contributed by atoms with van der Waals surface area (Å²) in [4.78, 5) is 55.3. The van der Waals surface area contributed by atoms with Gasteiger partial charge in [0.1, 0.15) is 41.1 Å². The van der Waals surface area contributed by atoms with E-state index in [9.17, 15) is 19.5 Å². The highest BCUT2D eigenvalue weighted by Crippen LogP contribution is 2.41. The number of nitrogens with one attached hydrogen (secondary N) is 2. The van der Waals surface area contributed by atoms with Crippen molar-refractivity contribution in [3.8, 4) is 0 Å². The zero-order valence-electron chi connectivity index (χ0n) is 21.4. The molecule has 1 aromatic heterocycles. The number of aliphatic imine (C=N–C) groups is 1. The van der Waals surface area contributed by atoms with Gasteiger partial charge in [-0.3, -0.25) is 24.9 Å². The van der Waals surface area contributed by atoms with E-state index in [0.717, 1.165) is 23.0 Å². The molecule has 0 radical (unpaired) electrons. The van der Waals surface area contributed by atoms with Crippen molar-refractivity contribution < 1.29 is 24.3 Å². The van der Waals surface area contributed by atoms with E-state index in [1.54, 1.807) is 17.3 Å². The predicted molar refractivity (Wildman–Crippen MR) is 149 cm³/mol. The van der Waals surface area contributed by atoms with Crippen LogP contribution in [0.15, 0.2) is 51.1 Å². The first-order chi connectivity index (χ1) is 19.3. The third-order valence-electron chi connectivity index (χ3n) is 6.26. The van der Waals surface area contributed by atoms with Gasteiger partial charge in [0.25, 0.3) is 11.8 Å². The number of rotatable bonds is 10. The van der Waals surface area contributed by atoms with Crippen molar-refractivity contribution in [2.75, 3.05) is 37.7 Å². The Morgan fingerprint density at radius 3 is 2.90 bits per heavy atom. The molecule has 0 aliphatic carbocycles. The van der Waals surface area contributed by atoms with Crippen LogP contribution in [0.3, 0.4) is 0 Å². The van der Waals surface area contributed by atoms with Crippen molar-refractivity contribution in [3.63, 3.8) is 0 Å². The molecule has 40 heavy (non-hydrogen) atoms. The van der Waals surface area contributed by atoms with Crippen molar-refractivity contribution in [3.05, 3.63) is 46.6 Å². The number of amidine groups is 1. The van der Waals surface area contributed by atoms with E-state index in [1.807, 2.05) is 23.4 Å². The number of amides is 2. The smallest absolute Gasteiger partial charge is 0.352 e. The van der Waals surface area contributed by atoms with Gasteiger partial charge < -0.3 is 31.6 Å². The average Bonchev–Trinajstić information content (AvgIpc) is 3.55. The highest BCUT2D eigenvalue weighted by atomic mass is 32.2. The molecule has 1 saturated heterocycles. The Morgan fingerprint density at radius 2 is 2.20 bits per heavy atom. The average molecular weight is 589 g/mol. The van der Waals surface area contributed by atoms with Crippen LogP contribution in [0.5, 0.6) is 0 Å². The summed E-state index contributed by atoms with van der Waals surface area (Å²) in [6.07, 6.45) is 6.23. The van der Waals surface area contributed by atoms with Crippen molar-refractivity contribution in [2.24, 2.45) is 15.9 Å². The number of carbonyl (C=O) groups excluding carboxylic acids is 2. The summed E-state index contributed by atoms with van der Waals surface area (Å²) in [5, 5.41) is 19.6. The number of aromatic nitrogens is 1. The Balaban J connectivity index is 1.30. The van der Waals surface area contributed by atoms with Gasteiger partial charge in [-0.2, -0.15) is 0 Å². The lowest BCUT2D eigenvalue weighted by molar-refractivity contribution is -0.150. The zero-order valence-corrected chi connectivity index (χ0v) is 23.1. The van der Waals surface area contributed by atoms with Crippen LogP contribution in [0, 0.1) is 0 Å². The maximum Gasteiger partial charge on any atom is 0.352 e. The Kier molecular flexibility index (Phi) is 7.95. The van der Waals surface area contributed by atoms with Crippen LogP contribution in [0.25, 0.3) is 0 Å². The van der Waals surface area contributed by atoms with E-state index >= 15 is 0 Å². The van der Waals surface area contributed by atoms with E-state index in [0.29, 0.717) is 30.8 Å². The van der Waals surface area contributed by atoms with Crippen molar-refractivity contribution in [2.45, 2.75) is 24.8 Å². The van der Waals surface area contributed by atoms with Gasteiger partial charge in [-0.15, -0.1) is 23.1 Å². The highest BCUT2D eigenvalue weighted by Gasteiger charge is 2.54. The van der Waals surface area contributed by atoms with Gasteiger partial charge in [0, 0.05) is 43.0 Å². The summed E-state index contributed by atoms with van der Waals surface area (Å²) in [7, 11) is 0. The van der Waals surface area contributed by atoms with Gasteiger partial charge in [-0.05, 0) is 18.6 Å². The third-order valence-corrected chi connectivity index (χ3v) is 8.27. The van der Waals surface area contributed by atoms with Gasteiger partial charge in [-0.1, -0.05) is 5.16 Å². The minimum absolute atomic E-state index is 0.0730. The minimum atomic E-state index is -1.21. The molecule has 1 fully saturated rings. The standard InChI is InChI=1S/C23H28N10O5S2/c1-2-38-30-16(13-11-40-23(25)27-13)19(34)28-17-20(35)33-18(22(36)37)12(10-39-21(17)33)9-31-7-8-32-15(31)4-3-14(29-32)26-6-5-24/h4,7-8,11,17,21H,2-3,5-6,9-10,24H2,1H3,(H2,25,27)(H,26,29)(H,28,34)(H,36,37)/t17-,21+/m1/s1. The summed E-state index contributed by atoms with van der Waals surface area (Å²) in [6.45, 7) is 3.18. The molecule has 4 aliphatic rings. The molecular formula is C23H28N10O5S2. The summed E-state index contributed by atoms with van der Waals surface area (Å²) in [6, 6.07) is -0.935. The molecule has 2 amide bonds. The number of aliphatic carboxylic acids is 1. The molecule has 0 saturated carbocycles. The number of hydrogen-bond acceptors (Lipinski definition) is 13. The lowest BCUT2D eigenvalue weighted by Crippen LogP contribution is -2.71. The fourth-order valence-electron chi connectivity index (χ4n) is 4.50. The van der Waals surface area contributed by atoms with Gasteiger partial charge in [-0.25, -0.2) is 14.8 Å². The number of carbonyl (C=O) groups is 3. The lowest BCUT2D eigenvalue weighted by Gasteiger charge is -2.49. The number of hydrogen-bond donors (Lipinski definition) is 5. The molecule has 2 atom stereocenters. The fourth-order valence-corrected chi connectivity index (χ4v) is 6.39. The Labute approximate surface area is 237 Å². The summed E-state index contributed by atoms with van der Waals surface area (Å²) in [5.74, 6) is -0.417. The normalized spacial score (nSPS) is 23.0. The molecule has 17 heteroatoms. The molecule has 5 rings (SSSR count). The van der Waals surface area contributed by atoms with Gasteiger partial charge in [0.2, 0.25) is 0 Å². The number of thiazole rings is 1. The number of nitrogen functional groups attached to an aromatic ring is 1. The van der Waals surface area contributed by atoms with E-state index in [-0.39, 0.29) is 35.4 Å². The van der Waals surface area contributed by atoms with Gasteiger partial charge in [0.05, 0.1) is 6.54 Å². The fraction of sp³-hybridized carbons (Fsp3) is 0.391. The number of anilines is 1. The molecule has 15 nitrogen and oxygen atoms in total. The molecule has 4 aliphatic heterocycles. The number of carboxylic acid groups (broad SMARTS) is 1. The SMILES string of the molecule is CCON=C(C(=O)N[C@@H]1C(=O)N2C(C(=O)O)=C(CN3C=CN4NC(=NCCN)CC=C34)CS[C@@H]12)c1csc(N)n1. The number of thioether (sulfide) groups is 1. The highest BCUT2D eigenvalue weighted by molar-refractivity contribution is 8.00. The van der Waals surface area contributed by atoms with E-state index in [4.69, 9.17) is 16.3 Å². The number of nitrogens with two attached hydrogens (primary N) is 2. The number of hydrazine groups is 1. The van der Waals surface area contributed by atoms with E-state index in [2.05, 4.69) is 25.9 Å². The first kappa shape index (κ1) is 27.5. The molecule has 5 heterocycles. The van der Waals surface area contributed by atoms with Crippen LogP contribution in [0.4, 0.5) is 5.13 Å². The number of β-lactam (4-membered cyclic amide) rings is 1. The van der Waals surface area contributed by atoms with Crippen LogP contribution in [0.2, 0.25) is 0 Å². The van der Waals surface area contributed by atoms with E-state index in [1.165, 1.54) is 16.7 Å². The van der Waals surface area contributed by atoms with Crippen molar-refractivity contribution in [1.82, 2.24) is 30.5 Å². The number of oxime groups is 1. The maximum absolute atomic E-state index is 13.2. The largest absolute Gasteiger partial charge is 0.477 e. The lowest BCUT2D eigenvalue weighted by atomic mass is 10.0. The Hall–Kier alpha value is -4.09. The topological polar surface area (TPSA) is 204 Å². The quantitative estimate of drug-likeness (QED) is 0.132. The van der Waals surface area contributed by atoms with Crippen molar-refractivity contribution in [1.29, 1.82) is 0 Å². The summed E-state index contributed by atoms with van der Waals surface area (Å²) < 4.78 is 0. The van der Waals surface area contributed by atoms with Crippen LogP contribution < -0.4 is 22.2 Å². The number of fused-ring (bicyclic) bond motifs is 2. The molecule has 0 bridgehead atoms. The summed E-state index contributed by atoms with van der Waals surface area (Å²) >= 11 is 2.52. The monoisotopic (exact) mass is 588 g/mol. The zero-order chi connectivity index (χ0) is 28.4. The molecule has 1 aromatic rings. The van der Waals surface area contributed by atoms with Crippen LogP contribution in [-0.4, -0.2) is 97.6 Å².